The van der Waals surface area contributed by atoms with Crippen LogP contribution >= 0.6 is 0 Å². The van der Waals surface area contributed by atoms with E-state index in [9.17, 15) is 4.79 Å². The molecule has 0 heterocycles. The number of rotatable bonds is 5. The van der Waals surface area contributed by atoms with E-state index < -0.39 is 0 Å². The number of benzene rings is 3. The Kier molecular flexibility index (Phi) is 5.17. The van der Waals surface area contributed by atoms with Gasteiger partial charge in [-0.3, -0.25) is 4.79 Å². The van der Waals surface area contributed by atoms with Gasteiger partial charge in [0.25, 0.3) is 0 Å². The lowest BCUT2D eigenvalue weighted by atomic mass is 9.77. The number of ether oxygens (including phenoxy) is 2. The fourth-order valence-corrected chi connectivity index (χ4v) is 2.52. The molecule has 0 bridgehead atoms. The lowest BCUT2D eigenvalue weighted by Gasteiger charge is -2.13. The Balaban J connectivity index is 1.78. The van der Waals surface area contributed by atoms with Gasteiger partial charge in [-0.05, 0) is 61.5 Å². The molecule has 3 aromatic rings. The smallest absolute Gasteiger partial charge is 0.193 e. The first-order valence-corrected chi connectivity index (χ1v) is 8.11. The minimum atomic E-state index is -0.0710. The van der Waals surface area contributed by atoms with E-state index >= 15 is 0 Å². The molecule has 124 valence electrons. The Morgan fingerprint density at radius 3 is 1.85 bits per heavy atom. The molecule has 3 nitrogen and oxygen atoms in total. The zero-order chi connectivity index (χ0) is 18.7. The van der Waals surface area contributed by atoms with Crippen LogP contribution in [-0.4, -0.2) is 28.6 Å². The van der Waals surface area contributed by atoms with Crippen LogP contribution in [0, 0.1) is 6.92 Å². The molecule has 0 spiro atoms. The summed E-state index contributed by atoms with van der Waals surface area (Å²) >= 11 is 0. The molecule has 0 atom stereocenters. The molecule has 0 saturated carbocycles. The number of carbonyl (C=O) groups excluding carboxylic acids is 1. The summed E-state index contributed by atoms with van der Waals surface area (Å²) in [6, 6.07) is 17.5. The second-order valence-corrected chi connectivity index (χ2v) is 5.89. The van der Waals surface area contributed by atoms with Gasteiger partial charge in [0, 0.05) is 11.1 Å². The molecule has 0 aliphatic carbocycles. The van der Waals surface area contributed by atoms with Gasteiger partial charge in [-0.2, -0.15) is 0 Å². The number of hydrogen-bond donors (Lipinski definition) is 0. The van der Waals surface area contributed by atoms with Crippen molar-refractivity contribution >= 4 is 32.4 Å². The average molecular weight is 338 g/mol. The molecule has 0 unspecified atom stereocenters. The molecule has 4 radical (unpaired) electrons. The Bertz CT molecular complexity index is 933. The number of aryl methyl sites for hydroxylation is 1. The van der Waals surface area contributed by atoms with E-state index in [1.165, 1.54) is 0 Å². The zero-order valence-electron chi connectivity index (χ0n) is 14.7. The fraction of sp³-hybridized carbons (Fsp3) is 0.0952. The van der Waals surface area contributed by atoms with Gasteiger partial charge in [0.2, 0.25) is 0 Å². The zero-order valence-corrected chi connectivity index (χ0v) is 14.7. The minimum Gasteiger partial charge on any atom is -0.497 e. The van der Waals surface area contributed by atoms with Crippen molar-refractivity contribution in [3.05, 3.63) is 77.4 Å². The van der Waals surface area contributed by atoms with Crippen LogP contribution in [0.2, 0.25) is 0 Å². The molecular formula is C21H16B2O3. The summed E-state index contributed by atoms with van der Waals surface area (Å²) in [5.74, 6) is 1.70. The first kappa shape index (κ1) is 17.9. The van der Waals surface area contributed by atoms with E-state index in [0.29, 0.717) is 39.3 Å². The first-order valence-electron chi connectivity index (χ1n) is 8.11. The molecule has 0 fully saturated rings. The van der Waals surface area contributed by atoms with Gasteiger partial charge in [-0.15, -0.1) is 0 Å². The van der Waals surface area contributed by atoms with Crippen LogP contribution in [0.4, 0.5) is 0 Å². The van der Waals surface area contributed by atoms with Crippen LogP contribution in [0.5, 0.6) is 17.2 Å². The van der Waals surface area contributed by atoms with Crippen LogP contribution in [0.25, 0.3) is 0 Å². The summed E-state index contributed by atoms with van der Waals surface area (Å²) < 4.78 is 10.9. The predicted octanol–water partition coefficient (Wildman–Crippen LogP) is 2.61. The second kappa shape index (κ2) is 7.52. The molecule has 0 aromatic heterocycles. The second-order valence-electron chi connectivity index (χ2n) is 5.89. The Morgan fingerprint density at radius 1 is 0.769 bits per heavy atom. The molecule has 0 amide bonds. The van der Waals surface area contributed by atoms with Crippen molar-refractivity contribution in [3.8, 4) is 17.2 Å². The predicted molar refractivity (Wildman–Crippen MR) is 105 cm³/mol. The summed E-state index contributed by atoms with van der Waals surface area (Å²) in [6.45, 7) is 1.88. The van der Waals surface area contributed by atoms with Gasteiger partial charge in [-0.1, -0.05) is 22.6 Å². The van der Waals surface area contributed by atoms with Crippen molar-refractivity contribution in [1.82, 2.24) is 0 Å². The lowest BCUT2D eigenvalue weighted by molar-refractivity contribution is 0.103. The summed E-state index contributed by atoms with van der Waals surface area (Å²) in [5, 5.41) is 0. The standard InChI is InChI=1S/C21H16B2O3/c1-13-3-12-18(20(23)19(13)22)26-17-10-6-15(7-11-17)21(24)14-4-8-16(25-2)9-5-14/h3-12H,1-2H3. The van der Waals surface area contributed by atoms with Crippen molar-refractivity contribution in [2.24, 2.45) is 0 Å². The first-order chi connectivity index (χ1) is 12.5. The van der Waals surface area contributed by atoms with Crippen molar-refractivity contribution < 1.29 is 14.3 Å². The van der Waals surface area contributed by atoms with E-state index in [2.05, 4.69) is 0 Å². The van der Waals surface area contributed by atoms with Gasteiger partial charge in [-0.25, -0.2) is 0 Å². The Morgan fingerprint density at radius 2 is 1.31 bits per heavy atom. The largest absolute Gasteiger partial charge is 0.497 e. The van der Waals surface area contributed by atoms with Gasteiger partial charge in [0.1, 0.15) is 32.9 Å². The van der Waals surface area contributed by atoms with Crippen LogP contribution in [0.1, 0.15) is 21.5 Å². The SMILES string of the molecule is [B]c1c(C)ccc(Oc2ccc(C(=O)c3ccc(OC)cc3)cc2)c1[B]. The number of hydrogen-bond acceptors (Lipinski definition) is 3. The highest BCUT2D eigenvalue weighted by Gasteiger charge is 2.10. The molecule has 5 heteroatoms. The number of carbonyl (C=O) groups is 1. The highest BCUT2D eigenvalue weighted by Crippen LogP contribution is 2.21. The summed E-state index contributed by atoms with van der Waals surface area (Å²) in [7, 11) is 13.5. The highest BCUT2D eigenvalue weighted by molar-refractivity contribution is 6.50. The average Bonchev–Trinajstić information content (AvgIpc) is 2.68. The molecule has 26 heavy (non-hydrogen) atoms. The van der Waals surface area contributed by atoms with Gasteiger partial charge >= 0.3 is 0 Å². The Labute approximate surface area is 155 Å². The Hall–Kier alpha value is -2.94. The molecule has 0 aliphatic heterocycles. The molecule has 0 saturated heterocycles. The van der Waals surface area contributed by atoms with E-state index in [-0.39, 0.29) is 5.78 Å². The van der Waals surface area contributed by atoms with E-state index in [4.69, 9.17) is 25.2 Å². The fourth-order valence-electron chi connectivity index (χ4n) is 2.52. The highest BCUT2D eigenvalue weighted by atomic mass is 16.5. The van der Waals surface area contributed by atoms with Gasteiger partial charge in [0.05, 0.1) is 7.11 Å². The number of methoxy groups -OCH3 is 1. The van der Waals surface area contributed by atoms with Crippen molar-refractivity contribution in [1.29, 1.82) is 0 Å². The van der Waals surface area contributed by atoms with E-state index in [1.807, 2.05) is 13.0 Å². The molecule has 3 aromatic carbocycles. The molecule has 0 aliphatic rings. The van der Waals surface area contributed by atoms with Crippen molar-refractivity contribution in [3.63, 3.8) is 0 Å². The van der Waals surface area contributed by atoms with E-state index in [1.54, 1.807) is 61.7 Å². The maximum Gasteiger partial charge on any atom is 0.193 e. The topological polar surface area (TPSA) is 35.5 Å². The van der Waals surface area contributed by atoms with Crippen LogP contribution in [-0.2, 0) is 0 Å². The van der Waals surface area contributed by atoms with E-state index in [0.717, 1.165) is 5.56 Å². The van der Waals surface area contributed by atoms with Crippen molar-refractivity contribution in [2.75, 3.05) is 7.11 Å². The summed E-state index contributed by atoms with van der Waals surface area (Å²) in [5.41, 5.74) is 2.97. The summed E-state index contributed by atoms with van der Waals surface area (Å²) in [4.78, 5) is 12.5. The molecule has 0 N–H and O–H groups in total. The van der Waals surface area contributed by atoms with Gasteiger partial charge in [0.15, 0.2) is 5.78 Å². The third kappa shape index (κ3) is 3.67. The van der Waals surface area contributed by atoms with Crippen LogP contribution in [0.3, 0.4) is 0 Å². The quantitative estimate of drug-likeness (QED) is 0.530. The third-order valence-corrected chi connectivity index (χ3v) is 4.16. The summed E-state index contributed by atoms with van der Waals surface area (Å²) in [6.07, 6.45) is 0. The normalized spacial score (nSPS) is 10.4. The third-order valence-electron chi connectivity index (χ3n) is 4.16. The monoisotopic (exact) mass is 338 g/mol. The molecule has 3 rings (SSSR count). The van der Waals surface area contributed by atoms with Crippen LogP contribution < -0.4 is 20.4 Å². The van der Waals surface area contributed by atoms with Crippen molar-refractivity contribution in [2.45, 2.75) is 6.92 Å². The lowest BCUT2D eigenvalue weighted by Crippen LogP contribution is -2.29. The van der Waals surface area contributed by atoms with Gasteiger partial charge < -0.3 is 9.47 Å². The minimum absolute atomic E-state index is 0.0710. The van der Waals surface area contributed by atoms with Crippen LogP contribution in [0.15, 0.2) is 60.7 Å². The maximum atomic E-state index is 12.5. The number of ketones is 1. The maximum absolute atomic E-state index is 12.5. The molecular weight excluding hydrogens is 322 g/mol.